The summed E-state index contributed by atoms with van der Waals surface area (Å²) in [6, 6.07) is 0.467. The second-order valence-corrected chi connectivity index (χ2v) is 4.24. The third-order valence-electron chi connectivity index (χ3n) is 2.99. The van der Waals surface area contributed by atoms with Crippen molar-refractivity contribution < 1.29 is 0 Å². The Morgan fingerprint density at radius 3 is 3.00 bits per heavy atom. The number of hydrogen-bond donors (Lipinski definition) is 1. The monoisotopic (exact) mass is 218 g/mol. The number of nitrogens with zero attached hydrogens (tertiary/aromatic N) is 5. The van der Waals surface area contributed by atoms with Crippen molar-refractivity contribution in [2.24, 2.45) is 5.92 Å². The fraction of sp³-hybridized carbons (Fsp3) is 0.600. The van der Waals surface area contributed by atoms with Gasteiger partial charge in [0, 0.05) is 6.54 Å². The molecule has 1 fully saturated rings. The van der Waals surface area contributed by atoms with E-state index in [1.54, 1.807) is 6.33 Å². The maximum Gasteiger partial charge on any atom is 0.184 e. The molecule has 0 aliphatic heterocycles. The van der Waals surface area contributed by atoms with Crippen LogP contribution in [0.5, 0.6) is 0 Å². The van der Waals surface area contributed by atoms with Gasteiger partial charge in [0.25, 0.3) is 0 Å². The lowest BCUT2D eigenvalue weighted by molar-refractivity contribution is 0.592. The molecule has 2 aromatic heterocycles. The van der Waals surface area contributed by atoms with Gasteiger partial charge in [0.15, 0.2) is 17.0 Å². The second kappa shape index (κ2) is 3.40. The largest absolute Gasteiger partial charge is 0.368 e. The fourth-order valence-corrected chi connectivity index (χ4v) is 1.93. The van der Waals surface area contributed by atoms with E-state index in [0.29, 0.717) is 12.0 Å². The van der Waals surface area contributed by atoms with E-state index < -0.39 is 0 Å². The molecule has 6 nitrogen and oxygen atoms in total. The van der Waals surface area contributed by atoms with Crippen LogP contribution < -0.4 is 5.32 Å². The average molecular weight is 218 g/mol. The highest BCUT2D eigenvalue weighted by atomic mass is 15.5. The Hall–Kier alpha value is -1.72. The van der Waals surface area contributed by atoms with Crippen LogP contribution in [-0.4, -0.2) is 31.5 Å². The van der Waals surface area contributed by atoms with Crippen LogP contribution in [0.2, 0.25) is 0 Å². The van der Waals surface area contributed by atoms with Crippen LogP contribution >= 0.6 is 0 Å². The minimum atomic E-state index is 0.467. The van der Waals surface area contributed by atoms with Crippen LogP contribution in [0, 0.1) is 5.92 Å². The van der Waals surface area contributed by atoms with Gasteiger partial charge in [-0.3, -0.25) is 0 Å². The van der Waals surface area contributed by atoms with Crippen molar-refractivity contribution in [3.8, 4) is 0 Å². The molecule has 1 aliphatic carbocycles. The van der Waals surface area contributed by atoms with E-state index >= 15 is 0 Å². The van der Waals surface area contributed by atoms with Crippen molar-refractivity contribution in [2.75, 3.05) is 11.9 Å². The van der Waals surface area contributed by atoms with Gasteiger partial charge in [-0.25, -0.2) is 14.6 Å². The molecule has 0 aromatic carbocycles. The van der Waals surface area contributed by atoms with E-state index in [9.17, 15) is 0 Å². The van der Waals surface area contributed by atoms with Crippen LogP contribution in [-0.2, 0) is 0 Å². The standard InChI is InChI=1S/C10H14N6/c1-3-11-9-8-10(13-5-12-9)16(15-14-8)7-4-6(7)2/h5-7H,3-4H2,1-2H3,(H,11,12,13). The highest BCUT2D eigenvalue weighted by molar-refractivity contribution is 5.81. The van der Waals surface area contributed by atoms with Gasteiger partial charge in [0.05, 0.1) is 6.04 Å². The first-order chi connectivity index (χ1) is 7.81. The zero-order valence-corrected chi connectivity index (χ0v) is 9.38. The molecule has 1 N–H and O–H groups in total. The lowest BCUT2D eigenvalue weighted by Gasteiger charge is -2.02. The molecule has 0 spiro atoms. The Bertz CT molecular complexity index is 519. The molecule has 6 heteroatoms. The minimum absolute atomic E-state index is 0.467. The molecule has 16 heavy (non-hydrogen) atoms. The SMILES string of the molecule is CCNc1ncnc2c1nnn2C1CC1C. The molecule has 0 amide bonds. The topological polar surface area (TPSA) is 68.5 Å². The Labute approximate surface area is 93.1 Å². The zero-order chi connectivity index (χ0) is 11.1. The number of anilines is 1. The summed E-state index contributed by atoms with van der Waals surface area (Å²) >= 11 is 0. The maximum atomic E-state index is 4.27. The summed E-state index contributed by atoms with van der Waals surface area (Å²) in [7, 11) is 0. The van der Waals surface area contributed by atoms with E-state index in [2.05, 4.69) is 32.5 Å². The molecule has 2 heterocycles. The molecule has 84 valence electrons. The second-order valence-electron chi connectivity index (χ2n) is 4.24. The third kappa shape index (κ3) is 1.33. The Balaban J connectivity index is 2.09. The summed E-state index contributed by atoms with van der Waals surface area (Å²) in [4.78, 5) is 8.44. The summed E-state index contributed by atoms with van der Waals surface area (Å²) in [5.41, 5.74) is 1.60. The summed E-state index contributed by atoms with van der Waals surface area (Å²) < 4.78 is 1.92. The van der Waals surface area contributed by atoms with E-state index in [1.165, 1.54) is 6.42 Å². The van der Waals surface area contributed by atoms with Gasteiger partial charge in [-0.1, -0.05) is 12.1 Å². The van der Waals surface area contributed by atoms with Crippen LogP contribution in [0.25, 0.3) is 11.2 Å². The third-order valence-corrected chi connectivity index (χ3v) is 2.99. The first kappa shape index (κ1) is 9.50. The summed E-state index contributed by atoms with van der Waals surface area (Å²) in [5, 5.41) is 11.5. The number of fused-ring (bicyclic) bond motifs is 1. The van der Waals surface area contributed by atoms with Gasteiger partial charge in [-0.15, -0.1) is 5.10 Å². The molecule has 1 saturated carbocycles. The van der Waals surface area contributed by atoms with Crippen molar-refractivity contribution in [1.82, 2.24) is 25.0 Å². The van der Waals surface area contributed by atoms with Crippen LogP contribution in [0.1, 0.15) is 26.3 Å². The average Bonchev–Trinajstić information content (AvgIpc) is 2.85. The Morgan fingerprint density at radius 1 is 1.50 bits per heavy atom. The Morgan fingerprint density at radius 2 is 2.31 bits per heavy atom. The summed E-state index contributed by atoms with van der Waals surface area (Å²) in [6.45, 7) is 5.06. The zero-order valence-electron chi connectivity index (χ0n) is 9.38. The molecule has 0 saturated heterocycles. The molecule has 1 aliphatic rings. The first-order valence-corrected chi connectivity index (χ1v) is 5.61. The highest BCUT2D eigenvalue weighted by Crippen LogP contribution is 2.43. The van der Waals surface area contributed by atoms with E-state index in [0.717, 1.165) is 23.5 Å². The lowest BCUT2D eigenvalue weighted by atomic mass is 10.4. The highest BCUT2D eigenvalue weighted by Gasteiger charge is 2.37. The van der Waals surface area contributed by atoms with E-state index in [1.807, 2.05) is 11.6 Å². The Kier molecular flexibility index (Phi) is 2.02. The molecule has 3 rings (SSSR count). The van der Waals surface area contributed by atoms with Gasteiger partial charge >= 0.3 is 0 Å². The fourth-order valence-electron chi connectivity index (χ4n) is 1.93. The number of aromatic nitrogens is 5. The van der Waals surface area contributed by atoms with Crippen molar-refractivity contribution in [2.45, 2.75) is 26.3 Å². The van der Waals surface area contributed by atoms with Crippen LogP contribution in [0.3, 0.4) is 0 Å². The predicted molar refractivity (Wildman–Crippen MR) is 60.1 cm³/mol. The molecule has 2 aromatic rings. The summed E-state index contributed by atoms with van der Waals surface area (Å²) in [6.07, 6.45) is 2.73. The van der Waals surface area contributed by atoms with E-state index in [4.69, 9.17) is 0 Å². The van der Waals surface area contributed by atoms with Crippen molar-refractivity contribution in [1.29, 1.82) is 0 Å². The van der Waals surface area contributed by atoms with E-state index in [-0.39, 0.29) is 0 Å². The molecule has 2 unspecified atom stereocenters. The molecule has 2 atom stereocenters. The van der Waals surface area contributed by atoms with Gasteiger partial charge < -0.3 is 5.32 Å². The maximum absolute atomic E-state index is 4.27. The number of hydrogen-bond acceptors (Lipinski definition) is 5. The number of nitrogens with one attached hydrogen (secondary N) is 1. The molecular formula is C10H14N6. The summed E-state index contributed by atoms with van der Waals surface area (Å²) in [5.74, 6) is 1.45. The molecular weight excluding hydrogens is 204 g/mol. The quantitative estimate of drug-likeness (QED) is 0.839. The molecule has 0 radical (unpaired) electrons. The van der Waals surface area contributed by atoms with Gasteiger partial charge in [-0.2, -0.15) is 0 Å². The van der Waals surface area contributed by atoms with Gasteiger partial charge in [0.2, 0.25) is 0 Å². The van der Waals surface area contributed by atoms with Gasteiger partial charge in [0.1, 0.15) is 6.33 Å². The van der Waals surface area contributed by atoms with Crippen LogP contribution in [0.4, 0.5) is 5.82 Å². The first-order valence-electron chi connectivity index (χ1n) is 5.61. The van der Waals surface area contributed by atoms with Crippen molar-refractivity contribution >= 4 is 17.0 Å². The minimum Gasteiger partial charge on any atom is -0.368 e. The molecule has 0 bridgehead atoms. The van der Waals surface area contributed by atoms with Crippen molar-refractivity contribution in [3.63, 3.8) is 0 Å². The van der Waals surface area contributed by atoms with Crippen molar-refractivity contribution in [3.05, 3.63) is 6.33 Å². The smallest absolute Gasteiger partial charge is 0.184 e. The number of rotatable bonds is 3. The normalized spacial score (nSPS) is 23.6. The predicted octanol–water partition coefficient (Wildman–Crippen LogP) is 1.23. The lowest BCUT2D eigenvalue weighted by Crippen LogP contribution is -2.02. The van der Waals surface area contributed by atoms with Crippen LogP contribution in [0.15, 0.2) is 6.33 Å². The van der Waals surface area contributed by atoms with Gasteiger partial charge in [-0.05, 0) is 19.3 Å².